The molecule has 1 aliphatic rings. The minimum atomic E-state index is -0.650. The third-order valence-electron chi connectivity index (χ3n) is 6.21. The van der Waals surface area contributed by atoms with Gasteiger partial charge in [-0.15, -0.1) is 0 Å². The molecule has 8 nitrogen and oxygen atoms in total. The molecule has 0 radical (unpaired) electrons. The maximum atomic E-state index is 13.2. The number of aromatic nitrogens is 2. The Balaban J connectivity index is 1.39. The lowest BCUT2D eigenvalue weighted by molar-refractivity contribution is -0.139. The number of carbonyl (C=O) groups excluding carboxylic acids is 2. The zero-order valence-corrected chi connectivity index (χ0v) is 18.9. The van der Waals surface area contributed by atoms with Gasteiger partial charge in [0.05, 0.1) is 19.2 Å². The summed E-state index contributed by atoms with van der Waals surface area (Å²) in [6, 6.07) is 12.6. The Hall–Kier alpha value is -3.23. The molecule has 4 N–H and O–H groups in total. The van der Waals surface area contributed by atoms with Gasteiger partial charge in [0.25, 0.3) is 0 Å². The minimum Gasteiger partial charge on any atom is -0.384 e. The standard InChI is InChI=1S/C25H31N5O3/c1-33-16-18-11-23(24(31)28-14-20-12-19-13-27-10-9-22(19)29-20)30(15-18)25(32)21(26)8-7-17-5-3-2-4-6-17/h2-6,9-10,12-13,18,21,23,29H,7-8,11,14-16,26H2,1H3,(H,28,31)/t18-,21?,23-/m0/s1. The van der Waals surface area contributed by atoms with Crippen molar-refractivity contribution in [1.29, 1.82) is 0 Å². The predicted molar refractivity (Wildman–Crippen MR) is 126 cm³/mol. The maximum absolute atomic E-state index is 13.2. The van der Waals surface area contributed by atoms with Crippen LogP contribution in [0.5, 0.6) is 0 Å². The van der Waals surface area contributed by atoms with Crippen molar-refractivity contribution < 1.29 is 14.3 Å². The molecule has 2 aromatic heterocycles. The third kappa shape index (κ3) is 5.58. The first-order valence-corrected chi connectivity index (χ1v) is 11.3. The molecule has 1 saturated heterocycles. The number of fused-ring (bicyclic) bond motifs is 1. The van der Waals surface area contributed by atoms with Crippen molar-refractivity contribution in [2.45, 2.75) is 37.9 Å². The summed E-state index contributed by atoms with van der Waals surface area (Å²) < 4.78 is 5.30. The summed E-state index contributed by atoms with van der Waals surface area (Å²) in [4.78, 5) is 35.3. The summed E-state index contributed by atoms with van der Waals surface area (Å²) in [7, 11) is 1.63. The SMILES string of the molecule is COC[C@H]1C[C@@H](C(=O)NCc2cc3cnccc3[nH]2)N(C(=O)C(N)CCc2ccccc2)C1. The van der Waals surface area contributed by atoms with Crippen molar-refractivity contribution >= 4 is 22.7 Å². The van der Waals surface area contributed by atoms with Gasteiger partial charge in [-0.05, 0) is 37.0 Å². The second-order valence-corrected chi connectivity index (χ2v) is 8.67. The number of carbonyl (C=O) groups is 2. The molecule has 3 atom stereocenters. The summed E-state index contributed by atoms with van der Waals surface area (Å²) in [5.74, 6) is -0.245. The molecule has 0 spiro atoms. The maximum Gasteiger partial charge on any atom is 0.243 e. The number of H-pyrrole nitrogens is 1. The Kier molecular flexibility index (Phi) is 7.36. The second-order valence-electron chi connectivity index (χ2n) is 8.67. The molecule has 4 rings (SSSR count). The van der Waals surface area contributed by atoms with Crippen LogP contribution in [0.25, 0.3) is 10.9 Å². The average molecular weight is 450 g/mol. The second kappa shape index (κ2) is 10.6. The van der Waals surface area contributed by atoms with Crippen molar-refractivity contribution in [2.24, 2.45) is 11.7 Å². The molecule has 3 heterocycles. The van der Waals surface area contributed by atoms with Gasteiger partial charge in [0, 0.05) is 48.6 Å². The topological polar surface area (TPSA) is 113 Å². The quantitative estimate of drug-likeness (QED) is 0.462. The highest BCUT2D eigenvalue weighted by atomic mass is 16.5. The zero-order chi connectivity index (χ0) is 23.2. The monoisotopic (exact) mass is 449 g/mol. The largest absolute Gasteiger partial charge is 0.384 e. The zero-order valence-electron chi connectivity index (χ0n) is 18.9. The molecular formula is C25H31N5O3. The van der Waals surface area contributed by atoms with Crippen LogP contribution in [0.1, 0.15) is 24.1 Å². The molecule has 0 aliphatic carbocycles. The van der Waals surface area contributed by atoms with Crippen LogP contribution in [-0.2, 0) is 27.3 Å². The number of ether oxygens (including phenoxy) is 1. The first-order valence-electron chi connectivity index (χ1n) is 11.3. The summed E-state index contributed by atoms with van der Waals surface area (Å²) >= 11 is 0. The van der Waals surface area contributed by atoms with Crippen LogP contribution in [0.2, 0.25) is 0 Å². The van der Waals surface area contributed by atoms with Gasteiger partial charge >= 0.3 is 0 Å². The fraction of sp³-hybridized carbons (Fsp3) is 0.400. The number of aromatic amines is 1. The highest BCUT2D eigenvalue weighted by Crippen LogP contribution is 2.25. The number of hydrogen-bond donors (Lipinski definition) is 3. The van der Waals surface area contributed by atoms with Gasteiger partial charge in [0.15, 0.2) is 0 Å². The first-order chi connectivity index (χ1) is 16.0. The van der Waals surface area contributed by atoms with Crippen LogP contribution in [0.15, 0.2) is 54.9 Å². The summed E-state index contributed by atoms with van der Waals surface area (Å²) in [6.45, 7) is 1.32. The number of pyridine rings is 1. The van der Waals surface area contributed by atoms with E-state index in [-0.39, 0.29) is 17.7 Å². The van der Waals surface area contributed by atoms with Crippen molar-refractivity contribution in [3.63, 3.8) is 0 Å². The van der Waals surface area contributed by atoms with E-state index in [0.717, 1.165) is 28.6 Å². The van der Waals surface area contributed by atoms with E-state index in [2.05, 4.69) is 15.3 Å². The van der Waals surface area contributed by atoms with Crippen LogP contribution in [0, 0.1) is 5.92 Å². The molecule has 0 saturated carbocycles. The number of nitrogens with one attached hydrogen (secondary N) is 2. The molecule has 0 bridgehead atoms. The van der Waals surface area contributed by atoms with E-state index in [9.17, 15) is 9.59 Å². The van der Waals surface area contributed by atoms with Gasteiger partial charge in [0.1, 0.15) is 6.04 Å². The Labute approximate surface area is 193 Å². The predicted octanol–water partition coefficient (Wildman–Crippen LogP) is 2.00. The van der Waals surface area contributed by atoms with Crippen molar-refractivity contribution in [1.82, 2.24) is 20.2 Å². The Morgan fingerprint density at radius 1 is 1.30 bits per heavy atom. The molecule has 8 heteroatoms. The van der Waals surface area contributed by atoms with E-state index in [1.807, 2.05) is 42.5 Å². The lowest BCUT2D eigenvalue weighted by atomic mass is 10.0. The van der Waals surface area contributed by atoms with Gasteiger partial charge in [-0.1, -0.05) is 30.3 Å². The number of likely N-dealkylation sites (tertiary alicyclic amines) is 1. The van der Waals surface area contributed by atoms with E-state index < -0.39 is 12.1 Å². The van der Waals surface area contributed by atoms with Crippen LogP contribution < -0.4 is 11.1 Å². The average Bonchev–Trinajstić information content (AvgIpc) is 3.45. The first kappa shape index (κ1) is 22.9. The minimum absolute atomic E-state index is 0.107. The van der Waals surface area contributed by atoms with Crippen LogP contribution in [0.3, 0.4) is 0 Å². The number of nitrogens with two attached hydrogens (primary N) is 1. The number of amides is 2. The molecule has 1 aromatic carbocycles. The molecule has 2 amide bonds. The van der Waals surface area contributed by atoms with E-state index in [4.69, 9.17) is 10.5 Å². The third-order valence-corrected chi connectivity index (χ3v) is 6.21. The smallest absolute Gasteiger partial charge is 0.243 e. The Morgan fingerprint density at radius 2 is 2.12 bits per heavy atom. The summed E-state index contributed by atoms with van der Waals surface area (Å²) in [5.41, 5.74) is 9.26. The van der Waals surface area contributed by atoms with Crippen molar-refractivity contribution in [3.8, 4) is 0 Å². The van der Waals surface area contributed by atoms with Crippen molar-refractivity contribution in [3.05, 3.63) is 66.1 Å². The molecule has 1 unspecified atom stereocenters. The van der Waals surface area contributed by atoms with E-state index in [0.29, 0.717) is 32.5 Å². The number of rotatable bonds is 9. The van der Waals surface area contributed by atoms with Gasteiger partial charge in [-0.25, -0.2) is 0 Å². The number of nitrogens with zero attached hydrogens (tertiary/aromatic N) is 2. The van der Waals surface area contributed by atoms with Gasteiger partial charge < -0.3 is 25.7 Å². The summed E-state index contributed by atoms with van der Waals surface area (Å²) in [5, 5.41) is 3.97. The van der Waals surface area contributed by atoms with Crippen LogP contribution >= 0.6 is 0 Å². The van der Waals surface area contributed by atoms with E-state index in [1.165, 1.54) is 0 Å². The number of benzene rings is 1. The van der Waals surface area contributed by atoms with Gasteiger partial charge in [-0.2, -0.15) is 0 Å². The molecular weight excluding hydrogens is 418 g/mol. The molecule has 1 aliphatic heterocycles. The Morgan fingerprint density at radius 3 is 2.88 bits per heavy atom. The number of methoxy groups -OCH3 is 1. The lowest BCUT2D eigenvalue weighted by Crippen LogP contribution is -2.51. The van der Waals surface area contributed by atoms with Gasteiger partial charge in [0.2, 0.25) is 11.8 Å². The highest BCUT2D eigenvalue weighted by Gasteiger charge is 2.40. The Bertz CT molecular complexity index is 1050. The fourth-order valence-corrected chi connectivity index (χ4v) is 4.50. The van der Waals surface area contributed by atoms with E-state index in [1.54, 1.807) is 24.4 Å². The highest BCUT2D eigenvalue weighted by molar-refractivity contribution is 5.90. The fourth-order valence-electron chi connectivity index (χ4n) is 4.50. The van der Waals surface area contributed by atoms with Crippen LogP contribution in [-0.4, -0.2) is 59.0 Å². The van der Waals surface area contributed by atoms with E-state index >= 15 is 0 Å². The number of aryl methyl sites for hydroxylation is 1. The molecule has 33 heavy (non-hydrogen) atoms. The van der Waals surface area contributed by atoms with Crippen LogP contribution in [0.4, 0.5) is 0 Å². The normalized spacial score (nSPS) is 19.0. The molecule has 1 fully saturated rings. The van der Waals surface area contributed by atoms with Crippen molar-refractivity contribution in [2.75, 3.05) is 20.3 Å². The summed E-state index contributed by atoms with van der Waals surface area (Å²) in [6.07, 6.45) is 5.31. The molecule has 3 aromatic rings. The molecule has 174 valence electrons. The van der Waals surface area contributed by atoms with Gasteiger partial charge in [-0.3, -0.25) is 14.6 Å². The lowest BCUT2D eigenvalue weighted by Gasteiger charge is -2.26. The number of hydrogen-bond acceptors (Lipinski definition) is 5.